The van der Waals surface area contributed by atoms with E-state index in [0.717, 1.165) is 17.9 Å². The number of aromatic nitrogens is 2. The van der Waals surface area contributed by atoms with Crippen molar-refractivity contribution in [2.24, 2.45) is 0 Å². The van der Waals surface area contributed by atoms with Gasteiger partial charge >= 0.3 is 0 Å². The lowest BCUT2D eigenvalue weighted by Gasteiger charge is -2.29. The highest BCUT2D eigenvalue weighted by molar-refractivity contribution is 7.18. The molecule has 0 saturated carbocycles. The van der Waals surface area contributed by atoms with Crippen molar-refractivity contribution in [3.05, 3.63) is 17.3 Å². The number of aryl methyl sites for hydroxylation is 1. The van der Waals surface area contributed by atoms with E-state index in [1.165, 1.54) is 35.9 Å². The smallest absolute Gasteiger partial charge is 0.150 e. The van der Waals surface area contributed by atoms with Gasteiger partial charge in [-0.25, -0.2) is 9.97 Å². The minimum absolute atomic E-state index is 0.407. The molecule has 0 bridgehead atoms. The molecule has 0 aromatic carbocycles. The Morgan fingerprint density at radius 1 is 1.37 bits per heavy atom. The number of alkyl halides is 1. The summed E-state index contributed by atoms with van der Waals surface area (Å²) in [6, 6.07) is 0.407. The van der Waals surface area contributed by atoms with Gasteiger partial charge in [0.1, 0.15) is 12.1 Å². The second-order valence-corrected chi connectivity index (χ2v) is 6.33. The number of anilines is 1. The fraction of sp³-hybridized carbons (Fsp3) is 0.571. The van der Waals surface area contributed by atoms with E-state index in [9.17, 15) is 0 Å². The third-order valence-corrected chi connectivity index (χ3v) is 5.28. The van der Waals surface area contributed by atoms with Crippen LogP contribution in [0.4, 0.5) is 5.82 Å². The average molecular weight is 296 g/mol. The van der Waals surface area contributed by atoms with Crippen LogP contribution in [0.2, 0.25) is 0 Å². The van der Waals surface area contributed by atoms with E-state index in [0.29, 0.717) is 11.9 Å². The molecule has 1 saturated heterocycles. The monoisotopic (exact) mass is 295 g/mol. The number of thiophene rings is 1. The second kappa shape index (κ2) is 5.63. The summed E-state index contributed by atoms with van der Waals surface area (Å²) in [5, 5.41) is 2.16. The van der Waals surface area contributed by atoms with Crippen LogP contribution in [0.5, 0.6) is 0 Å². The first kappa shape index (κ1) is 13.1. The van der Waals surface area contributed by atoms with Crippen molar-refractivity contribution >= 4 is 39.0 Å². The molecule has 0 spiro atoms. The summed E-state index contributed by atoms with van der Waals surface area (Å²) in [4.78, 5) is 11.4. The van der Waals surface area contributed by atoms with Crippen LogP contribution in [0.3, 0.4) is 0 Å². The van der Waals surface area contributed by atoms with Crippen LogP contribution in [0.15, 0.2) is 11.7 Å². The van der Waals surface area contributed by atoms with Crippen molar-refractivity contribution in [3.63, 3.8) is 0 Å². The van der Waals surface area contributed by atoms with Gasteiger partial charge in [-0.05, 0) is 30.7 Å². The Morgan fingerprint density at radius 2 is 2.26 bits per heavy atom. The molecule has 102 valence electrons. The highest BCUT2D eigenvalue weighted by Crippen LogP contribution is 2.33. The molecule has 3 rings (SSSR count). The normalized spacial score (nSPS) is 20.7. The van der Waals surface area contributed by atoms with Gasteiger partial charge in [-0.2, -0.15) is 0 Å². The minimum Gasteiger partial charge on any atom is -0.351 e. The van der Waals surface area contributed by atoms with Crippen LogP contribution < -0.4 is 4.90 Å². The van der Waals surface area contributed by atoms with Crippen LogP contribution in [0.25, 0.3) is 10.2 Å². The molecule has 1 atom stereocenters. The van der Waals surface area contributed by atoms with E-state index in [2.05, 4.69) is 27.2 Å². The largest absolute Gasteiger partial charge is 0.351 e. The van der Waals surface area contributed by atoms with Gasteiger partial charge in [0.2, 0.25) is 0 Å². The summed E-state index contributed by atoms with van der Waals surface area (Å²) >= 11 is 7.92. The van der Waals surface area contributed by atoms with Crippen LogP contribution in [0.1, 0.15) is 31.2 Å². The molecular weight excluding hydrogens is 278 g/mol. The van der Waals surface area contributed by atoms with Crippen LogP contribution >= 0.6 is 22.9 Å². The van der Waals surface area contributed by atoms with Crippen molar-refractivity contribution in [3.8, 4) is 0 Å². The summed E-state index contributed by atoms with van der Waals surface area (Å²) in [6.45, 7) is 3.16. The standard InChI is InChI=1S/C14H18ClN3S/c1-10-8-19-13-12(10)16-9-17-14(13)18-6-4-2-3-5-11(18)7-15/h8-9,11H,2-7H2,1H3. The summed E-state index contributed by atoms with van der Waals surface area (Å²) in [5.74, 6) is 1.76. The molecule has 1 unspecified atom stereocenters. The van der Waals surface area contributed by atoms with E-state index in [1.54, 1.807) is 17.7 Å². The summed E-state index contributed by atoms with van der Waals surface area (Å²) < 4.78 is 1.21. The van der Waals surface area contributed by atoms with Gasteiger partial charge in [0.25, 0.3) is 0 Å². The van der Waals surface area contributed by atoms with Gasteiger partial charge in [0, 0.05) is 18.5 Å². The third-order valence-electron chi connectivity index (χ3n) is 3.84. The zero-order valence-corrected chi connectivity index (χ0v) is 12.7. The lowest BCUT2D eigenvalue weighted by molar-refractivity contribution is 0.617. The number of rotatable bonds is 2. The van der Waals surface area contributed by atoms with E-state index < -0.39 is 0 Å². The number of hydrogen-bond donors (Lipinski definition) is 0. The minimum atomic E-state index is 0.407. The maximum atomic E-state index is 6.17. The first-order valence-corrected chi connectivity index (χ1v) is 8.24. The maximum Gasteiger partial charge on any atom is 0.150 e. The Hall–Kier alpha value is -0.870. The number of halogens is 1. The van der Waals surface area contributed by atoms with Crippen molar-refractivity contribution in [2.45, 2.75) is 38.6 Å². The van der Waals surface area contributed by atoms with E-state index in [1.807, 2.05) is 0 Å². The SMILES string of the molecule is Cc1csc2c(N3CCCCCC3CCl)ncnc12. The molecule has 1 fully saturated rings. The second-order valence-electron chi connectivity index (χ2n) is 5.14. The molecular formula is C14H18ClN3S. The lowest BCUT2D eigenvalue weighted by Crippen LogP contribution is -2.36. The van der Waals surface area contributed by atoms with E-state index in [-0.39, 0.29) is 0 Å². The Bertz CT molecular complexity index is 569. The van der Waals surface area contributed by atoms with E-state index >= 15 is 0 Å². The first-order chi connectivity index (χ1) is 9.31. The Labute approximate surface area is 122 Å². The van der Waals surface area contributed by atoms with Gasteiger partial charge in [0.05, 0.1) is 10.2 Å². The highest BCUT2D eigenvalue weighted by atomic mass is 35.5. The predicted molar refractivity (Wildman–Crippen MR) is 82.5 cm³/mol. The van der Waals surface area contributed by atoms with Crippen molar-refractivity contribution < 1.29 is 0 Å². The first-order valence-electron chi connectivity index (χ1n) is 6.82. The average Bonchev–Trinajstić information content (AvgIpc) is 2.68. The Balaban J connectivity index is 2.06. The number of fused-ring (bicyclic) bond motifs is 1. The summed E-state index contributed by atoms with van der Waals surface area (Å²) in [7, 11) is 0. The van der Waals surface area contributed by atoms with Gasteiger partial charge < -0.3 is 4.90 Å². The molecule has 3 nitrogen and oxygen atoms in total. The fourth-order valence-corrected chi connectivity index (χ4v) is 4.11. The van der Waals surface area contributed by atoms with Gasteiger partial charge in [-0.15, -0.1) is 22.9 Å². The molecule has 1 aliphatic heterocycles. The summed E-state index contributed by atoms with van der Waals surface area (Å²) in [5.41, 5.74) is 2.33. The number of nitrogens with zero attached hydrogens (tertiary/aromatic N) is 3. The maximum absolute atomic E-state index is 6.17. The molecule has 5 heteroatoms. The van der Waals surface area contributed by atoms with Crippen molar-refractivity contribution in [1.82, 2.24) is 9.97 Å². The molecule has 0 amide bonds. The fourth-order valence-electron chi connectivity index (χ4n) is 2.78. The van der Waals surface area contributed by atoms with Crippen LogP contribution in [-0.2, 0) is 0 Å². The zero-order valence-electron chi connectivity index (χ0n) is 11.1. The van der Waals surface area contributed by atoms with Gasteiger partial charge in [-0.1, -0.05) is 12.8 Å². The lowest BCUT2D eigenvalue weighted by atomic mass is 10.1. The Kier molecular flexibility index (Phi) is 3.89. The highest BCUT2D eigenvalue weighted by Gasteiger charge is 2.24. The van der Waals surface area contributed by atoms with Crippen LogP contribution in [0, 0.1) is 6.92 Å². The molecule has 3 heterocycles. The Morgan fingerprint density at radius 3 is 3.11 bits per heavy atom. The molecule has 2 aromatic rings. The van der Waals surface area contributed by atoms with Crippen molar-refractivity contribution in [2.75, 3.05) is 17.3 Å². The van der Waals surface area contributed by atoms with Gasteiger partial charge in [-0.3, -0.25) is 0 Å². The van der Waals surface area contributed by atoms with Crippen LogP contribution in [-0.4, -0.2) is 28.4 Å². The molecule has 0 radical (unpaired) electrons. The topological polar surface area (TPSA) is 29.0 Å². The van der Waals surface area contributed by atoms with Gasteiger partial charge in [0.15, 0.2) is 0 Å². The summed E-state index contributed by atoms with van der Waals surface area (Å²) in [6.07, 6.45) is 6.64. The molecule has 2 aromatic heterocycles. The molecule has 0 aliphatic carbocycles. The number of hydrogen-bond acceptors (Lipinski definition) is 4. The quantitative estimate of drug-likeness (QED) is 0.785. The van der Waals surface area contributed by atoms with E-state index in [4.69, 9.17) is 11.6 Å². The molecule has 0 N–H and O–H groups in total. The molecule has 19 heavy (non-hydrogen) atoms. The predicted octanol–water partition coefficient (Wildman–Crippen LogP) is 3.99. The molecule has 1 aliphatic rings. The van der Waals surface area contributed by atoms with Crippen molar-refractivity contribution in [1.29, 1.82) is 0 Å². The zero-order chi connectivity index (χ0) is 13.2. The third kappa shape index (κ3) is 2.43.